The standard InChI is InChI=1S/C16H22N4OS/c1-3-10-22-16-18-17-15(19(16)2)13-6-4-8-20(11-13)12-14-7-5-9-21-14/h3,5,7,9,13H,1,4,6,8,10-12H2,2H3. The molecule has 1 fully saturated rings. The molecule has 1 aliphatic rings. The van der Waals surface area contributed by atoms with Gasteiger partial charge in [-0.1, -0.05) is 17.8 Å². The zero-order valence-electron chi connectivity index (χ0n) is 12.9. The van der Waals surface area contributed by atoms with Crippen LogP contribution in [0.2, 0.25) is 0 Å². The minimum Gasteiger partial charge on any atom is -0.468 e. The normalized spacial score (nSPS) is 19.4. The second kappa shape index (κ2) is 7.15. The van der Waals surface area contributed by atoms with Crippen LogP contribution in [-0.4, -0.2) is 38.5 Å². The highest BCUT2D eigenvalue weighted by atomic mass is 32.2. The molecule has 22 heavy (non-hydrogen) atoms. The van der Waals surface area contributed by atoms with E-state index in [4.69, 9.17) is 4.42 Å². The van der Waals surface area contributed by atoms with Crippen LogP contribution < -0.4 is 0 Å². The number of likely N-dealkylation sites (tertiary alicyclic amines) is 1. The first-order chi connectivity index (χ1) is 10.8. The maximum Gasteiger partial charge on any atom is 0.191 e. The van der Waals surface area contributed by atoms with Crippen molar-refractivity contribution in [3.8, 4) is 0 Å². The first-order valence-electron chi connectivity index (χ1n) is 7.65. The molecule has 0 bridgehead atoms. The molecule has 0 spiro atoms. The number of piperidine rings is 1. The number of rotatable bonds is 6. The summed E-state index contributed by atoms with van der Waals surface area (Å²) in [7, 11) is 2.06. The summed E-state index contributed by atoms with van der Waals surface area (Å²) in [4.78, 5) is 2.44. The summed E-state index contributed by atoms with van der Waals surface area (Å²) in [5, 5.41) is 9.72. The lowest BCUT2D eigenvalue weighted by molar-refractivity contribution is 0.182. The molecule has 1 saturated heterocycles. The van der Waals surface area contributed by atoms with Crippen LogP contribution in [0.25, 0.3) is 0 Å². The van der Waals surface area contributed by atoms with Gasteiger partial charge in [0.2, 0.25) is 0 Å². The molecule has 0 N–H and O–H groups in total. The van der Waals surface area contributed by atoms with Gasteiger partial charge in [-0.2, -0.15) is 0 Å². The lowest BCUT2D eigenvalue weighted by Crippen LogP contribution is -2.34. The smallest absolute Gasteiger partial charge is 0.191 e. The van der Waals surface area contributed by atoms with Crippen LogP contribution >= 0.6 is 11.8 Å². The molecule has 0 aliphatic carbocycles. The van der Waals surface area contributed by atoms with Crippen molar-refractivity contribution >= 4 is 11.8 Å². The molecule has 2 aromatic heterocycles. The predicted molar refractivity (Wildman–Crippen MR) is 87.9 cm³/mol. The Morgan fingerprint density at radius 1 is 1.50 bits per heavy atom. The van der Waals surface area contributed by atoms with Crippen LogP contribution in [0.4, 0.5) is 0 Å². The van der Waals surface area contributed by atoms with Crippen molar-refractivity contribution in [2.75, 3.05) is 18.8 Å². The molecule has 2 aromatic rings. The van der Waals surface area contributed by atoms with E-state index in [1.165, 1.54) is 12.8 Å². The number of thioether (sulfide) groups is 1. The van der Waals surface area contributed by atoms with Crippen molar-refractivity contribution in [3.05, 3.63) is 42.6 Å². The Morgan fingerprint density at radius 3 is 3.18 bits per heavy atom. The fourth-order valence-electron chi connectivity index (χ4n) is 2.97. The highest BCUT2D eigenvalue weighted by Gasteiger charge is 2.26. The molecule has 118 valence electrons. The molecule has 1 aliphatic heterocycles. The Balaban J connectivity index is 1.66. The van der Waals surface area contributed by atoms with E-state index in [-0.39, 0.29) is 0 Å². The lowest BCUT2D eigenvalue weighted by Gasteiger charge is -2.31. The average molecular weight is 318 g/mol. The van der Waals surface area contributed by atoms with Crippen LogP contribution in [0.5, 0.6) is 0 Å². The number of nitrogens with zero attached hydrogens (tertiary/aromatic N) is 4. The van der Waals surface area contributed by atoms with Gasteiger partial charge in [0.1, 0.15) is 11.6 Å². The van der Waals surface area contributed by atoms with Crippen molar-refractivity contribution < 1.29 is 4.42 Å². The van der Waals surface area contributed by atoms with Gasteiger partial charge in [-0.15, -0.1) is 16.8 Å². The molecular weight excluding hydrogens is 296 g/mol. The minimum atomic E-state index is 0.444. The van der Waals surface area contributed by atoms with E-state index in [2.05, 4.69) is 33.3 Å². The fourth-order valence-corrected chi connectivity index (χ4v) is 3.63. The van der Waals surface area contributed by atoms with Crippen molar-refractivity contribution in [2.24, 2.45) is 7.05 Å². The average Bonchev–Trinajstić information content (AvgIpc) is 3.15. The fraction of sp³-hybridized carbons (Fsp3) is 0.500. The Kier molecular flexibility index (Phi) is 5.00. The van der Waals surface area contributed by atoms with E-state index < -0.39 is 0 Å². The molecule has 0 radical (unpaired) electrons. The van der Waals surface area contributed by atoms with Gasteiger partial charge in [-0.25, -0.2) is 0 Å². The zero-order chi connectivity index (χ0) is 15.4. The third kappa shape index (κ3) is 3.44. The second-order valence-electron chi connectivity index (χ2n) is 5.65. The highest BCUT2D eigenvalue weighted by Crippen LogP contribution is 2.28. The SMILES string of the molecule is C=CCSc1nnc(C2CCCN(Cc3ccco3)C2)n1C. The summed E-state index contributed by atoms with van der Waals surface area (Å²) in [6.45, 7) is 6.76. The van der Waals surface area contributed by atoms with Crippen LogP contribution in [0.1, 0.15) is 30.3 Å². The zero-order valence-corrected chi connectivity index (χ0v) is 13.8. The quantitative estimate of drug-likeness (QED) is 0.605. The van der Waals surface area contributed by atoms with Crippen LogP contribution in [-0.2, 0) is 13.6 Å². The monoisotopic (exact) mass is 318 g/mol. The largest absolute Gasteiger partial charge is 0.468 e. The van der Waals surface area contributed by atoms with Crippen LogP contribution in [0.15, 0.2) is 40.6 Å². The van der Waals surface area contributed by atoms with Crippen molar-refractivity contribution in [1.29, 1.82) is 0 Å². The van der Waals surface area contributed by atoms with Gasteiger partial charge in [0.15, 0.2) is 5.16 Å². The number of hydrogen-bond acceptors (Lipinski definition) is 5. The molecule has 0 amide bonds. The minimum absolute atomic E-state index is 0.444. The Hall–Kier alpha value is -1.53. The molecule has 0 saturated carbocycles. The van der Waals surface area contributed by atoms with E-state index in [1.807, 2.05) is 18.2 Å². The summed E-state index contributed by atoms with van der Waals surface area (Å²) < 4.78 is 7.60. The van der Waals surface area contributed by atoms with Gasteiger partial charge < -0.3 is 8.98 Å². The Bertz CT molecular complexity index is 608. The van der Waals surface area contributed by atoms with Gasteiger partial charge in [0, 0.05) is 25.3 Å². The van der Waals surface area contributed by atoms with E-state index in [9.17, 15) is 0 Å². The molecular formula is C16H22N4OS. The number of hydrogen-bond donors (Lipinski definition) is 0. The molecule has 0 aromatic carbocycles. The lowest BCUT2D eigenvalue weighted by atomic mass is 9.97. The summed E-state index contributed by atoms with van der Waals surface area (Å²) in [5.74, 6) is 3.43. The maximum atomic E-state index is 5.46. The summed E-state index contributed by atoms with van der Waals surface area (Å²) in [6.07, 6.45) is 5.99. The van der Waals surface area contributed by atoms with Crippen molar-refractivity contribution in [3.63, 3.8) is 0 Å². The summed E-state index contributed by atoms with van der Waals surface area (Å²) >= 11 is 1.68. The van der Waals surface area contributed by atoms with E-state index in [0.29, 0.717) is 5.92 Å². The molecule has 1 unspecified atom stereocenters. The third-order valence-electron chi connectivity index (χ3n) is 4.03. The maximum absolute atomic E-state index is 5.46. The van der Waals surface area contributed by atoms with Gasteiger partial charge in [-0.3, -0.25) is 4.90 Å². The first kappa shape index (κ1) is 15.4. The van der Waals surface area contributed by atoms with Crippen molar-refractivity contribution in [2.45, 2.75) is 30.5 Å². The van der Waals surface area contributed by atoms with E-state index in [1.54, 1.807) is 18.0 Å². The van der Waals surface area contributed by atoms with E-state index in [0.717, 1.165) is 42.1 Å². The Morgan fingerprint density at radius 2 is 2.41 bits per heavy atom. The van der Waals surface area contributed by atoms with Crippen molar-refractivity contribution in [1.82, 2.24) is 19.7 Å². The van der Waals surface area contributed by atoms with Gasteiger partial charge in [-0.05, 0) is 31.5 Å². The Labute approximate surface area is 135 Å². The summed E-state index contributed by atoms with van der Waals surface area (Å²) in [5.41, 5.74) is 0. The first-order valence-corrected chi connectivity index (χ1v) is 8.64. The topological polar surface area (TPSA) is 47.1 Å². The molecule has 3 heterocycles. The van der Waals surface area contributed by atoms with Gasteiger partial charge >= 0.3 is 0 Å². The third-order valence-corrected chi connectivity index (χ3v) is 5.05. The van der Waals surface area contributed by atoms with Crippen LogP contribution in [0.3, 0.4) is 0 Å². The molecule has 1 atom stereocenters. The molecule has 6 heteroatoms. The predicted octanol–water partition coefficient (Wildman–Crippen LogP) is 3.07. The number of furan rings is 1. The van der Waals surface area contributed by atoms with E-state index >= 15 is 0 Å². The summed E-state index contributed by atoms with van der Waals surface area (Å²) in [6, 6.07) is 3.98. The molecule has 5 nitrogen and oxygen atoms in total. The number of aromatic nitrogens is 3. The van der Waals surface area contributed by atoms with Gasteiger partial charge in [0.05, 0.1) is 12.8 Å². The second-order valence-corrected chi connectivity index (χ2v) is 6.64. The highest BCUT2D eigenvalue weighted by molar-refractivity contribution is 7.99. The molecule has 3 rings (SSSR count). The van der Waals surface area contributed by atoms with Crippen LogP contribution in [0, 0.1) is 0 Å². The van der Waals surface area contributed by atoms with Gasteiger partial charge in [0.25, 0.3) is 0 Å².